The zero-order chi connectivity index (χ0) is 28.8. The van der Waals surface area contributed by atoms with Crippen LogP contribution in [0.4, 0.5) is 16.0 Å². The minimum Gasteiger partial charge on any atom is -0.383 e. The smallest absolute Gasteiger partial charge is 0.242 e. The fraction of sp³-hybridized carbons (Fsp3) is 0.200. The SMILES string of the molecule is CC1(c2ccc(CCC3=NCN=N3)cn2)C(=O)Nc2nc(-c3nn(Cc4ccccc4F)c4ccccc34)nc(N)c21. The van der Waals surface area contributed by atoms with Crippen molar-refractivity contribution in [1.82, 2.24) is 24.7 Å². The predicted molar refractivity (Wildman–Crippen MR) is 155 cm³/mol. The maximum Gasteiger partial charge on any atom is 0.242 e. The lowest BCUT2D eigenvalue weighted by atomic mass is 9.80. The van der Waals surface area contributed by atoms with Crippen molar-refractivity contribution in [3.63, 3.8) is 0 Å². The molecule has 0 spiro atoms. The number of amidine groups is 1. The monoisotopic (exact) mass is 560 g/mol. The average molecular weight is 561 g/mol. The van der Waals surface area contributed by atoms with Crippen molar-refractivity contribution in [3.8, 4) is 11.5 Å². The van der Waals surface area contributed by atoms with Gasteiger partial charge in [0.2, 0.25) is 5.91 Å². The summed E-state index contributed by atoms with van der Waals surface area (Å²) in [5.41, 5.74) is 9.11. The van der Waals surface area contributed by atoms with Crippen LogP contribution in [0.25, 0.3) is 22.4 Å². The second kappa shape index (κ2) is 9.91. The van der Waals surface area contributed by atoms with Crippen molar-refractivity contribution < 1.29 is 9.18 Å². The molecule has 0 fully saturated rings. The molecule has 1 atom stereocenters. The van der Waals surface area contributed by atoms with Gasteiger partial charge in [0.15, 0.2) is 12.5 Å². The summed E-state index contributed by atoms with van der Waals surface area (Å²) in [6.45, 7) is 2.38. The lowest BCUT2D eigenvalue weighted by Gasteiger charge is -2.22. The first kappa shape index (κ1) is 25.6. The first-order chi connectivity index (χ1) is 20.4. The molecule has 2 aliphatic rings. The van der Waals surface area contributed by atoms with Crippen molar-refractivity contribution in [2.75, 3.05) is 17.7 Å². The zero-order valence-corrected chi connectivity index (χ0v) is 22.6. The molecule has 1 unspecified atom stereocenters. The number of para-hydroxylation sites is 1. The Balaban J connectivity index is 1.23. The van der Waals surface area contributed by atoms with Crippen molar-refractivity contribution in [2.45, 2.75) is 31.7 Å². The molecule has 0 saturated carbocycles. The molecule has 0 bridgehead atoms. The first-order valence-corrected chi connectivity index (χ1v) is 13.5. The van der Waals surface area contributed by atoms with Gasteiger partial charge in [-0.1, -0.05) is 42.5 Å². The molecule has 5 heterocycles. The largest absolute Gasteiger partial charge is 0.383 e. The molecular formula is C30H25FN10O. The fourth-order valence-electron chi connectivity index (χ4n) is 5.47. The second-order valence-electron chi connectivity index (χ2n) is 10.4. The normalized spacial score (nSPS) is 17.5. The molecule has 0 aliphatic carbocycles. The Bertz CT molecular complexity index is 1930. The van der Waals surface area contributed by atoms with Crippen LogP contribution in [-0.2, 0) is 23.2 Å². The number of nitrogens with two attached hydrogens (primary N) is 1. The minimum atomic E-state index is -1.19. The van der Waals surface area contributed by atoms with Gasteiger partial charge in [-0.3, -0.25) is 14.5 Å². The Kier molecular flexibility index (Phi) is 6.03. The Morgan fingerprint density at radius 2 is 1.88 bits per heavy atom. The quantitative estimate of drug-likeness (QED) is 0.295. The van der Waals surface area contributed by atoms with Gasteiger partial charge in [-0.25, -0.2) is 19.4 Å². The van der Waals surface area contributed by atoms with E-state index < -0.39 is 5.41 Å². The van der Waals surface area contributed by atoms with Gasteiger partial charge in [-0.15, -0.1) is 5.11 Å². The number of aromatic nitrogens is 5. The highest BCUT2D eigenvalue weighted by Gasteiger charge is 2.48. The number of nitrogens with one attached hydrogen (secondary N) is 1. The van der Waals surface area contributed by atoms with Crippen molar-refractivity contribution >= 4 is 34.3 Å². The highest BCUT2D eigenvalue weighted by atomic mass is 19.1. The molecule has 3 N–H and O–H groups in total. The van der Waals surface area contributed by atoms with E-state index in [1.54, 1.807) is 36.0 Å². The maximum absolute atomic E-state index is 14.4. The van der Waals surface area contributed by atoms with Gasteiger partial charge in [0.25, 0.3) is 0 Å². The number of pyridine rings is 1. The number of halogens is 1. The van der Waals surface area contributed by atoms with Crippen molar-refractivity contribution in [1.29, 1.82) is 0 Å². The number of amides is 1. The molecule has 1 amide bonds. The molecule has 42 heavy (non-hydrogen) atoms. The third-order valence-corrected chi connectivity index (χ3v) is 7.75. The number of benzene rings is 2. The molecule has 0 saturated heterocycles. The Labute approximate surface area is 239 Å². The number of aryl methyl sites for hydroxylation is 1. The summed E-state index contributed by atoms with van der Waals surface area (Å²) in [4.78, 5) is 31.6. The van der Waals surface area contributed by atoms with Crippen LogP contribution in [0.5, 0.6) is 0 Å². The number of nitrogen functional groups attached to an aromatic ring is 1. The van der Waals surface area contributed by atoms with E-state index in [0.29, 0.717) is 47.8 Å². The summed E-state index contributed by atoms with van der Waals surface area (Å²) in [6, 6.07) is 17.9. The van der Waals surface area contributed by atoms with Gasteiger partial charge in [0.1, 0.15) is 34.4 Å². The van der Waals surface area contributed by atoms with Crippen LogP contribution in [0.15, 0.2) is 82.1 Å². The van der Waals surface area contributed by atoms with E-state index in [2.05, 4.69) is 30.5 Å². The van der Waals surface area contributed by atoms with Gasteiger partial charge in [-0.2, -0.15) is 10.2 Å². The molecule has 5 aromatic rings. The first-order valence-electron chi connectivity index (χ1n) is 13.5. The highest BCUT2D eigenvalue weighted by Crippen LogP contribution is 2.44. The molecule has 208 valence electrons. The van der Waals surface area contributed by atoms with E-state index in [4.69, 9.17) is 15.8 Å². The third kappa shape index (κ3) is 4.19. The maximum atomic E-state index is 14.4. The number of carbonyl (C=O) groups is 1. The summed E-state index contributed by atoms with van der Waals surface area (Å²) >= 11 is 0. The summed E-state index contributed by atoms with van der Waals surface area (Å²) in [6.07, 6.45) is 3.12. The molecule has 7 rings (SSSR count). The summed E-state index contributed by atoms with van der Waals surface area (Å²) in [5, 5.41) is 16.3. The van der Waals surface area contributed by atoms with Crippen LogP contribution in [0.1, 0.15) is 35.7 Å². The number of aliphatic imine (C=N–C) groups is 1. The predicted octanol–water partition coefficient (Wildman–Crippen LogP) is 4.67. The topological polar surface area (TPSA) is 149 Å². The number of anilines is 2. The lowest BCUT2D eigenvalue weighted by molar-refractivity contribution is -0.119. The standard InChI is InChI=1S/C30H25FN10O/c1-30(22-12-10-17(14-33-22)11-13-23-34-16-35-39-23)24-26(32)36-28(37-27(24)38-29(30)42)25-19-7-3-5-9-21(19)41(40-25)15-18-6-2-4-8-20(18)31/h2-10,12,14H,11,13,15-16H2,1H3,(H3,32,36,37,38,42). The van der Waals surface area contributed by atoms with E-state index in [1.165, 1.54) is 6.07 Å². The fourth-order valence-corrected chi connectivity index (χ4v) is 5.47. The molecule has 12 heteroatoms. The number of hydrogen-bond donors (Lipinski definition) is 2. The van der Waals surface area contributed by atoms with Crippen LogP contribution in [-0.4, -0.2) is 43.1 Å². The van der Waals surface area contributed by atoms with E-state index in [-0.39, 0.29) is 29.9 Å². The van der Waals surface area contributed by atoms with Gasteiger partial charge < -0.3 is 11.1 Å². The molecule has 2 aliphatic heterocycles. The third-order valence-electron chi connectivity index (χ3n) is 7.75. The Morgan fingerprint density at radius 1 is 1.05 bits per heavy atom. The number of hydrogen-bond acceptors (Lipinski definition) is 9. The van der Waals surface area contributed by atoms with Crippen LogP contribution in [0.3, 0.4) is 0 Å². The van der Waals surface area contributed by atoms with Gasteiger partial charge in [0.05, 0.1) is 23.3 Å². The number of fused-ring (bicyclic) bond motifs is 2. The molecule has 2 aromatic carbocycles. The highest BCUT2D eigenvalue weighted by molar-refractivity contribution is 6.09. The number of nitrogens with zero attached hydrogens (tertiary/aromatic N) is 8. The molecular weight excluding hydrogens is 535 g/mol. The number of azo groups is 1. The van der Waals surface area contributed by atoms with Crippen LogP contribution < -0.4 is 11.1 Å². The van der Waals surface area contributed by atoms with Crippen LogP contribution in [0.2, 0.25) is 0 Å². The average Bonchev–Trinajstić information content (AvgIpc) is 3.71. The van der Waals surface area contributed by atoms with Crippen molar-refractivity contribution in [3.05, 3.63) is 95.1 Å². The van der Waals surface area contributed by atoms with E-state index in [1.807, 2.05) is 36.4 Å². The number of rotatable bonds is 7. The van der Waals surface area contributed by atoms with E-state index in [9.17, 15) is 9.18 Å². The molecule has 3 aromatic heterocycles. The van der Waals surface area contributed by atoms with Gasteiger partial charge in [-0.05, 0) is 37.1 Å². The van der Waals surface area contributed by atoms with E-state index in [0.717, 1.165) is 22.3 Å². The second-order valence-corrected chi connectivity index (χ2v) is 10.4. The lowest BCUT2D eigenvalue weighted by Crippen LogP contribution is -2.34. The van der Waals surface area contributed by atoms with Crippen molar-refractivity contribution in [2.24, 2.45) is 15.2 Å². The van der Waals surface area contributed by atoms with Crippen LogP contribution >= 0.6 is 0 Å². The summed E-state index contributed by atoms with van der Waals surface area (Å²) < 4.78 is 16.2. The van der Waals surface area contributed by atoms with E-state index >= 15 is 0 Å². The summed E-state index contributed by atoms with van der Waals surface area (Å²) in [5.74, 6) is 0.837. The Hall–Kier alpha value is -5.39. The van der Waals surface area contributed by atoms with Crippen LogP contribution in [0, 0.1) is 5.82 Å². The van der Waals surface area contributed by atoms with Gasteiger partial charge >= 0.3 is 0 Å². The number of carbonyl (C=O) groups excluding carboxylic acids is 1. The van der Waals surface area contributed by atoms with Gasteiger partial charge in [0, 0.05) is 23.6 Å². The zero-order valence-electron chi connectivity index (χ0n) is 22.6. The Morgan fingerprint density at radius 3 is 2.67 bits per heavy atom. The molecule has 0 radical (unpaired) electrons. The minimum absolute atomic E-state index is 0.152. The summed E-state index contributed by atoms with van der Waals surface area (Å²) in [7, 11) is 0. The molecule has 11 nitrogen and oxygen atoms in total.